The highest BCUT2D eigenvalue weighted by Gasteiger charge is 2.28. The van der Waals surface area contributed by atoms with Gasteiger partial charge in [-0.25, -0.2) is 0 Å². The maximum absolute atomic E-state index is 13.0. The quantitative estimate of drug-likeness (QED) is 0.414. The first-order valence-corrected chi connectivity index (χ1v) is 10.4. The SMILES string of the molecule is O=C(Nc1sc2c(c1C(=O)Nc1ccc(Cl)cc1)CCC2)c1ccc([N+](=O)[O-])cc1. The lowest BCUT2D eigenvalue weighted by Crippen LogP contribution is -2.18. The average molecular weight is 442 g/mol. The number of aryl methyl sites for hydroxylation is 1. The third-order valence-corrected chi connectivity index (χ3v) is 6.28. The minimum Gasteiger partial charge on any atom is -0.322 e. The van der Waals surface area contributed by atoms with E-state index in [4.69, 9.17) is 11.6 Å². The molecule has 1 aromatic heterocycles. The zero-order valence-electron chi connectivity index (χ0n) is 15.6. The van der Waals surface area contributed by atoms with Crippen LogP contribution in [-0.2, 0) is 12.8 Å². The number of nitrogens with one attached hydrogen (secondary N) is 2. The van der Waals surface area contributed by atoms with E-state index in [0.717, 1.165) is 29.7 Å². The monoisotopic (exact) mass is 441 g/mol. The summed E-state index contributed by atoms with van der Waals surface area (Å²) >= 11 is 7.30. The summed E-state index contributed by atoms with van der Waals surface area (Å²) in [4.78, 5) is 37.1. The molecule has 152 valence electrons. The van der Waals surface area contributed by atoms with Crippen molar-refractivity contribution in [3.05, 3.63) is 85.2 Å². The average Bonchev–Trinajstić information content (AvgIpc) is 3.30. The number of hydrogen-bond donors (Lipinski definition) is 2. The number of carbonyl (C=O) groups excluding carboxylic acids is 2. The van der Waals surface area contributed by atoms with Crippen molar-refractivity contribution in [2.45, 2.75) is 19.3 Å². The first kappa shape index (κ1) is 20.1. The van der Waals surface area contributed by atoms with Crippen LogP contribution in [0.4, 0.5) is 16.4 Å². The predicted molar refractivity (Wildman–Crippen MR) is 117 cm³/mol. The van der Waals surface area contributed by atoms with Crippen molar-refractivity contribution in [3.63, 3.8) is 0 Å². The number of thiophene rings is 1. The number of non-ortho nitro benzene ring substituents is 1. The summed E-state index contributed by atoms with van der Waals surface area (Å²) in [6, 6.07) is 12.1. The molecule has 0 saturated heterocycles. The van der Waals surface area contributed by atoms with Crippen LogP contribution in [-0.4, -0.2) is 16.7 Å². The van der Waals surface area contributed by atoms with Crippen molar-refractivity contribution < 1.29 is 14.5 Å². The number of halogens is 1. The van der Waals surface area contributed by atoms with Gasteiger partial charge in [0.05, 0.1) is 10.5 Å². The van der Waals surface area contributed by atoms with Gasteiger partial charge < -0.3 is 10.6 Å². The molecule has 4 rings (SSSR count). The summed E-state index contributed by atoms with van der Waals surface area (Å²) < 4.78 is 0. The second-order valence-electron chi connectivity index (χ2n) is 6.78. The van der Waals surface area contributed by atoms with E-state index in [2.05, 4.69) is 10.6 Å². The van der Waals surface area contributed by atoms with Gasteiger partial charge in [0, 0.05) is 33.3 Å². The number of rotatable bonds is 5. The molecular weight excluding hydrogens is 426 g/mol. The molecule has 2 amide bonds. The summed E-state index contributed by atoms with van der Waals surface area (Å²) in [5.74, 6) is -0.721. The molecule has 0 saturated carbocycles. The predicted octanol–water partition coefficient (Wildman–Crippen LogP) is 5.30. The molecule has 0 bridgehead atoms. The lowest BCUT2D eigenvalue weighted by Gasteiger charge is -2.10. The maximum atomic E-state index is 13.0. The van der Waals surface area contributed by atoms with Gasteiger partial charge in [-0.3, -0.25) is 19.7 Å². The molecule has 3 aromatic rings. The highest BCUT2D eigenvalue weighted by molar-refractivity contribution is 7.17. The number of hydrogen-bond acceptors (Lipinski definition) is 5. The second-order valence-corrected chi connectivity index (χ2v) is 8.32. The standard InChI is InChI=1S/C21H16ClN3O4S/c22-13-6-8-14(9-7-13)23-20(27)18-16-2-1-3-17(16)30-21(18)24-19(26)12-4-10-15(11-5-12)25(28)29/h4-11H,1-3H2,(H,23,27)(H,24,26). The van der Waals surface area contributed by atoms with E-state index >= 15 is 0 Å². The smallest absolute Gasteiger partial charge is 0.269 e. The number of anilines is 2. The molecule has 1 aliphatic carbocycles. The molecule has 0 radical (unpaired) electrons. The number of nitro benzene ring substituents is 1. The Balaban J connectivity index is 1.59. The Kier molecular flexibility index (Phi) is 5.52. The maximum Gasteiger partial charge on any atom is 0.269 e. The van der Waals surface area contributed by atoms with Gasteiger partial charge in [-0.05, 0) is 61.2 Å². The largest absolute Gasteiger partial charge is 0.322 e. The Morgan fingerprint density at radius 1 is 0.967 bits per heavy atom. The highest BCUT2D eigenvalue weighted by atomic mass is 35.5. The molecule has 7 nitrogen and oxygen atoms in total. The molecule has 2 N–H and O–H groups in total. The molecule has 0 unspecified atom stereocenters. The number of nitrogens with zero attached hydrogens (tertiary/aromatic N) is 1. The van der Waals surface area contributed by atoms with Crippen molar-refractivity contribution in [1.29, 1.82) is 0 Å². The minimum atomic E-state index is -0.523. The number of benzene rings is 2. The molecule has 1 heterocycles. The fraction of sp³-hybridized carbons (Fsp3) is 0.143. The van der Waals surface area contributed by atoms with E-state index in [1.54, 1.807) is 24.3 Å². The molecule has 0 fully saturated rings. The van der Waals surface area contributed by atoms with E-state index in [-0.39, 0.29) is 17.2 Å². The zero-order chi connectivity index (χ0) is 21.3. The molecule has 0 atom stereocenters. The molecule has 30 heavy (non-hydrogen) atoms. The topological polar surface area (TPSA) is 101 Å². The van der Waals surface area contributed by atoms with Crippen molar-refractivity contribution in [1.82, 2.24) is 0 Å². The van der Waals surface area contributed by atoms with Crippen molar-refractivity contribution in [2.75, 3.05) is 10.6 Å². The van der Waals surface area contributed by atoms with Crippen molar-refractivity contribution in [3.8, 4) is 0 Å². The first-order chi connectivity index (χ1) is 14.4. The van der Waals surface area contributed by atoms with E-state index < -0.39 is 10.8 Å². The normalized spacial score (nSPS) is 12.3. The minimum absolute atomic E-state index is 0.0929. The van der Waals surface area contributed by atoms with Crippen LogP contribution < -0.4 is 10.6 Å². The Morgan fingerprint density at radius 2 is 1.67 bits per heavy atom. The van der Waals surface area contributed by atoms with Gasteiger partial charge >= 0.3 is 0 Å². The number of nitro groups is 1. The third-order valence-electron chi connectivity index (χ3n) is 4.82. The Hall–Kier alpha value is -3.23. The number of fused-ring (bicyclic) bond motifs is 1. The van der Waals surface area contributed by atoms with Gasteiger partial charge in [0.15, 0.2) is 0 Å². The van der Waals surface area contributed by atoms with Crippen molar-refractivity contribution in [2.24, 2.45) is 0 Å². The van der Waals surface area contributed by atoms with E-state index in [9.17, 15) is 19.7 Å². The summed E-state index contributed by atoms with van der Waals surface area (Å²) in [7, 11) is 0. The van der Waals surface area contributed by atoms with Gasteiger partial charge in [0.2, 0.25) is 0 Å². The Labute approximate surface area is 180 Å². The molecular formula is C21H16ClN3O4S. The zero-order valence-corrected chi connectivity index (χ0v) is 17.2. The van der Waals surface area contributed by atoms with E-state index in [1.165, 1.54) is 35.6 Å². The van der Waals surface area contributed by atoms with Gasteiger partial charge in [0.25, 0.3) is 17.5 Å². The Morgan fingerprint density at radius 3 is 2.33 bits per heavy atom. The van der Waals surface area contributed by atoms with Gasteiger partial charge in [-0.1, -0.05) is 11.6 Å². The molecule has 0 spiro atoms. The van der Waals surface area contributed by atoms with Crippen LogP contribution in [0.1, 0.15) is 37.6 Å². The second kappa shape index (κ2) is 8.25. The molecule has 0 aliphatic heterocycles. The third kappa shape index (κ3) is 4.05. The van der Waals surface area contributed by atoms with Crippen LogP contribution in [0.15, 0.2) is 48.5 Å². The van der Waals surface area contributed by atoms with Crippen LogP contribution in [0.2, 0.25) is 5.02 Å². The van der Waals surface area contributed by atoms with E-state index in [0.29, 0.717) is 21.3 Å². The van der Waals surface area contributed by atoms with E-state index in [1.807, 2.05) is 0 Å². The van der Waals surface area contributed by atoms with Crippen LogP contribution >= 0.6 is 22.9 Å². The highest BCUT2D eigenvalue weighted by Crippen LogP contribution is 2.39. The number of carbonyl (C=O) groups is 2. The summed E-state index contributed by atoms with van der Waals surface area (Å²) in [5.41, 5.74) is 2.22. The summed E-state index contributed by atoms with van der Waals surface area (Å²) in [5, 5.41) is 17.5. The fourth-order valence-electron chi connectivity index (χ4n) is 3.37. The van der Waals surface area contributed by atoms with Crippen LogP contribution in [0.3, 0.4) is 0 Å². The molecule has 1 aliphatic rings. The first-order valence-electron chi connectivity index (χ1n) is 9.19. The Bertz CT molecular complexity index is 1140. The molecule has 2 aromatic carbocycles. The lowest BCUT2D eigenvalue weighted by molar-refractivity contribution is -0.384. The lowest BCUT2D eigenvalue weighted by atomic mass is 10.1. The van der Waals surface area contributed by atoms with Gasteiger partial charge in [-0.2, -0.15) is 0 Å². The van der Waals surface area contributed by atoms with Crippen molar-refractivity contribution >= 4 is 51.1 Å². The van der Waals surface area contributed by atoms with Gasteiger partial charge in [-0.15, -0.1) is 11.3 Å². The van der Waals surface area contributed by atoms with Crippen LogP contribution in [0.5, 0.6) is 0 Å². The molecule has 9 heteroatoms. The number of amides is 2. The summed E-state index contributed by atoms with van der Waals surface area (Å²) in [6.45, 7) is 0. The van der Waals surface area contributed by atoms with Gasteiger partial charge in [0.1, 0.15) is 5.00 Å². The summed E-state index contributed by atoms with van der Waals surface area (Å²) in [6.07, 6.45) is 2.62. The van der Waals surface area contributed by atoms with Crippen LogP contribution in [0.25, 0.3) is 0 Å². The fourth-order valence-corrected chi connectivity index (χ4v) is 4.78. The van der Waals surface area contributed by atoms with Crippen LogP contribution in [0, 0.1) is 10.1 Å².